The van der Waals surface area contributed by atoms with Crippen molar-refractivity contribution in [2.45, 2.75) is 62.8 Å². The number of nitrogens with one attached hydrogen (secondary N) is 1. The number of benzene rings is 1. The van der Waals surface area contributed by atoms with Crippen molar-refractivity contribution in [1.29, 1.82) is 0 Å². The maximum absolute atomic E-state index is 13.8. The summed E-state index contributed by atoms with van der Waals surface area (Å²) in [5.74, 6) is -1.97. The van der Waals surface area contributed by atoms with E-state index in [1.54, 1.807) is 42.6 Å². The summed E-state index contributed by atoms with van der Waals surface area (Å²) in [6.07, 6.45) is 2.53. The quantitative estimate of drug-likeness (QED) is 0.633. The van der Waals surface area contributed by atoms with Gasteiger partial charge in [0.1, 0.15) is 0 Å². The third-order valence-electron chi connectivity index (χ3n) is 6.94. The first-order valence-electron chi connectivity index (χ1n) is 11.8. The van der Waals surface area contributed by atoms with Crippen molar-refractivity contribution < 1.29 is 23.1 Å². The van der Waals surface area contributed by atoms with Crippen LogP contribution < -0.4 is 10.2 Å². The first kappa shape index (κ1) is 24.4. The number of aromatic nitrogens is 1. The standard InChI is InChI=1S/C25H31F3N4O2/c1-29-14-17-7-8-21(20-6-5-11-30-23(17)20)32-15-18(25(26,27)28)12-19(16-32)31-22(33)13-24(34)9-3-2-4-10-24/h5-8,11,14,18-19,34H,2-4,9-10,12-13,15-16H2,1H3,(H,31,33). The number of piperidine rings is 1. The molecule has 9 heteroatoms. The number of rotatable bonds is 5. The van der Waals surface area contributed by atoms with Gasteiger partial charge < -0.3 is 15.3 Å². The van der Waals surface area contributed by atoms with E-state index in [1.165, 1.54) is 0 Å². The summed E-state index contributed by atoms with van der Waals surface area (Å²) >= 11 is 0. The number of hydrogen-bond acceptors (Lipinski definition) is 5. The molecule has 4 rings (SSSR count). The lowest BCUT2D eigenvalue weighted by molar-refractivity contribution is -0.178. The average Bonchev–Trinajstić information content (AvgIpc) is 2.78. The maximum Gasteiger partial charge on any atom is 0.393 e. The zero-order valence-corrected chi connectivity index (χ0v) is 19.3. The minimum atomic E-state index is -4.38. The van der Waals surface area contributed by atoms with Crippen LogP contribution in [0.15, 0.2) is 35.5 Å². The third-order valence-corrected chi connectivity index (χ3v) is 6.94. The van der Waals surface area contributed by atoms with Crippen LogP contribution in [-0.4, -0.2) is 60.2 Å². The second-order valence-corrected chi connectivity index (χ2v) is 9.57. The molecule has 1 saturated heterocycles. The van der Waals surface area contributed by atoms with Crippen LogP contribution in [0.25, 0.3) is 10.9 Å². The molecule has 2 aliphatic rings. The Hall–Kier alpha value is -2.68. The molecule has 0 spiro atoms. The van der Waals surface area contributed by atoms with Gasteiger partial charge in [0.15, 0.2) is 0 Å². The lowest BCUT2D eigenvalue weighted by Crippen LogP contribution is -2.54. The number of aliphatic imine (C=N–C) groups is 1. The van der Waals surface area contributed by atoms with Crippen LogP contribution in [0.5, 0.6) is 0 Å². The molecule has 1 aliphatic heterocycles. The van der Waals surface area contributed by atoms with Crippen LogP contribution in [0, 0.1) is 5.92 Å². The van der Waals surface area contributed by atoms with E-state index in [0.29, 0.717) is 24.0 Å². The van der Waals surface area contributed by atoms with Crippen molar-refractivity contribution in [1.82, 2.24) is 10.3 Å². The Morgan fingerprint density at radius 2 is 2.03 bits per heavy atom. The number of alkyl halides is 3. The number of fused-ring (bicyclic) bond motifs is 1. The molecular formula is C25H31F3N4O2. The summed E-state index contributed by atoms with van der Waals surface area (Å²) in [7, 11) is 1.65. The van der Waals surface area contributed by atoms with Gasteiger partial charge in [0.2, 0.25) is 5.91 Å². The van der Waals surface area contributed by atoms with E-state index in [-0.39, 0.29) is 25.9 Å². The van der Waals surface area contributed by atoms with E-state index in [1.807, 2.05) is 6.07 Å². The number of amides is 1. The number of carbonyl (C=O) groups is 1. The molecule has 6 nitrogen and oxygen atoms in total. The van der Waals surface area contributed by atoms with E-state index in [9.17, 15) is 23.1 Å². The van der Waals surface area contributed by atoms with Crippen LogP contribution in [0.1, 0.15) is 50.5 Å². The minimum Gasteiger partial charge on any atom is -0.389 e. The number of carbonyl (C=O) groups excluding carboxylic acids is 1. The van der Waals surface area contributed by atoms with Gasteiger partial charge in [0.05, 0.1) is 23.5 Å². The van der Waals surface area contributed by atoms with Crippen molar-refractivity contribution in [2.75, 3.05) is 25.0 Å². The van der Waals surface area contributed by atoms with E-state index in [4.69, 9.17) is 0 Å². The molecule has 1 aromatic heterocycles. The Morgan fingerprint density at radius 1 is 1.26 bits per heavy atom. The number of anilines is 1. The highest BCUT2D eigenvalue weighted by Gasteiger charge is 2.45. The van der Waals surface area contributed by atoms with Crippen LogP contribution in [0.3, 0.4) is 0 Å². The second kappa shape index (κ2) is 9.90. The highest BCUT2D eigenvalue weighted by molar-refractivity contribution is 6.03. The fraction of sp³-hybridized carbons (Fsp3) is 0.560. The Morgan fingerprint density at radius 3 is 2.74 bits per heavy atom. The predicted octanol–water partition coefficient (Wildman–Crippen LogP) is 4.24. The number of hydrogen-bond donors (Lipinski definition) is 2. The largest absolute Gasteiger partial charge is 0.393 e. The fourth-order valence-electron chi connectivity index (χ4n) is 5.30. The molecule has 2 aromatic rings. The lowest BCUT2D eigenvalue weighted by Gasteiger charge is -2.41. The molecule has 1 aromatic carbocycles. The molecule has 0 radical (unpaired) electrons. The molecule has 2 unspecified atom stereocenters. The molecule has 2 fully saturated rings. The summed E-state index contributed by atoms with van der Waals surface area (Å²) in [6.45, 7) is 0.0625. The highest BCUT2D eigenvalue weighted by Crippen LogP contribution is 2.37. The summed E-state index contributed by atoms with van der Waals surface area (Å²) < 4.78 is 41.5. The van der Waals surface area contributed by atoms with Gasteiger partial charge in [-0.3, -0.25) is 14.8 Å². The van der Waals surface area contributed by atoms with Crippen LogP contribution in [0.4, 0.5) is 18.9 Å². The molecule has 1 saturated carbocycles. The third kappa shape index (κ3) is 5.51. The summed E-state index contributed by atoms with van der Waals surface area (Å²) in [5.41, 5.74) is 1.05. The Balaban J connectivity index is 1.58. The average molecular weight is 477 g/mol. The summed E-state index contributed by atoms with van der Waals surface area (Å²) in [6, 6.07) is 6.52. The molecule has 2 heterocycles. The zero-order chi connectivity index (χ0) is 24.3. The topological polar surface area (TPSA) is 77.8 Å². The van der Waals surface area contributed by atoms with Crippen LogP contribution >= 0.6 is 0 Å². The molecular weight excluding hydrogens is 445 g/mol. The van der Waals surface area contributed by atoms with Crippen molar-refractivity contribution >= 4 is 28.7 Å². The predicted molar refractivity (Wildman–Crippen MR) is 126 cm³/mol. The fourth-order valence-corrected chi connectivity index (χ4v) is 5.30. The van der Waals surface area contributed by atoms with Crippen molar-refractivity contribution in [3.63, 3.8) is 0 Å². The van der Waals surface area contributed by atoms with E-state index >= 15 is 0 Å². The van der Waals surface area contributed by atoms with Gasteiger partial charge in [0.25, 0.3) is 0 Å². The first-order chi connectivity index (χ1) is 16.2. The van der Waals surface area contributed by atoms with Crippen LogP contribution in [-0.2, 0) is 4.79 Å². The lowest BCUT2D eigenvalue weighted by atomic mass is 9.82. The van der Waals surface area contributed by atoms with Crippen molar-refractivity contribution in [2.24, 2.45) is 10.9 Å². The van der Waals surface area contributed by atoms with E-state index in [2.05, 4.69) is 15.3 Å². The van der Waals surface area contributed by atoms with Gasteiger partial charge in [-0.05, 0) is 43.5 Å². The number of aliphatic hydroxyl groups is 1. The number of pyridine rings is 1. The molecule has 1 aliphatic carbocycles. The number of halogens is 3. The van der Waals surface area contributed by atoms with Gasteiger partial charge in [-0.1, -0.05) is 19.3 Å². The van der Waals surface area contributed by atoms with Gasteiger partial charge >= 0.3 is 6.18 Å². The highest BCUT2D eigenvalue weighted by atomic mass is 19.4. The number of nitrogens with zero attached hydrogens (tertiary/aromatic N) is 3. The summed E-state index contributed by atoms with van der Waals surface area (Å²) in [4.78, 5) is 22.9. The maximum atomic E-state index is 13.8. The normalized spacial score (nSPS) is 23.4. The minimum absolute atomic E-state index is 0.0713. The SMILES string of the molecule is CN=Cc1ccc(N2CC(NC(=O)CC3(O)CCCCC3)CC(C(F)(F)F)C2)c2cccnc12. The molecule has 1 amide bonds. The van der Waals surface area contributed by atoms with E-state index in [0.717, 1.165) is 30.2 Å². The molecule has 2 atom stereocenters. The smallest absolute Gasteiger partial charge is 0.389 e. The molecule has 184 valence electrons. The zero-order valence-electron chi connectivity index (χ0n) is 19.3. The summed E-state index contributed by atoms with van der Waals surface area (Å²) in [5, 5.41) is 14.2. The van der Waals surface area contributed by atoms with Gasteiger partial charge in [-0.25, -0.2) is 0 Å². The van der Waals surface area contributed by atoms with Crippen molar-refractivity contribution in [3.8, 4) is 0 Å². The van der Waals surface area contributed by atoms with Crippen molar-refractivity contribution in [3.05, 3.63) is 36.0 Å². The van der Waals surface area contributed by atoms with Gasteiger partial charge in [0, 0.05) is 55.2 Å². The molecule has 2 N–H and O–H groups in total. The molecule has 0 bridgehead atoms. The Labute approximate surface area is 197 Å². The monoisotopic (exact) mass is 476 g/mol. The molecule has 34 heavy (non-hydrogen) atoms. The Bertz CT molecular complexity index is 1050. The van der Waals surface area contributed by atoms with E-state index < -0.39 is 29.6 Å². The Kier molecular flexibility index (Phi) is 7.12. The van der Waals surface area contributed by atoms with Gasteiger partial charge in [-0.2, -0.15) is 13.2 Å². The van der Waals surface area contributed by atoms with Crippen LogP contribution in [0.2, 0.25) is 0 Å². The first-order valence-corrected chi connectivity index (χ1v) is 11.8. The van der Waals surface area contributed by atoms with Gasteiger partial charge in [-0.15, -0.1) is 0 Å². The second-order valence-electron chi connectivity index (χ2n) is 9.57.